The number of halogens is 2. The van der Waals surface area contributed by atoms with Crippen molar-refractivity contribution in [2.75, 3.05) is 13.1 Å². The van der Waals surface area contributed by atoms with Crippen molar-refractivity contribution in [2.24, 2.45) is 11.7 Å². The minimum absolute atomic E-state index is 0.0114. The van der Waals surface area contributed by atoms with Crippen LogP contribution in [0.5, 0.6) is 0 Å². The number of amides is 1. The van der Waals surface area contributed by atoms with Gasteiger partial charge in [-0.25, -0.2) is 0 Å². The van der Waals surface area contributed by atoms with Gasteiger partial charge in [-0.05, 0) is 35.6 Å². The van der Waals surface area contributed by atoms with Gasteiger partial charge in [0, 0.05) is 41.0 Å². The van der Waals surface area contributed by atoms with Gasteiger partial charge in [-0.2, -0.15) is 0 Å². The molecule has 1 aliphatic heterocycles. The van der Waals surface area contributed by atoms with Gasteiger partial charge in [0.1, 0.15) is 0 Å². The molecule has 2 aromatic rings. The van der Waals surface area contributed by atoms with E-state index in [1.807, 2.05) is 35.2 Å². The smallest absolute Gasteiger partial charge is 0.226 e. The van der Waals surface area contributed by atoms with Gasteiger partial charge in [0.05, 0.1) is 0 Å². The van der Waals surface area contributed by atoms with Gasteiger partial charge < -0.3 is 10.6 Å². The second kappa shape index (κ2) is 6.64. The maximum Gasteiger partial charge on any atom is 0.226 e. The molecule has 3 nitrogen and oxygen atoms in total. The standard InChI is InChI=1S/C20H20Cl2N2O/c21-13-6-7-14(18(22)8-13)15-9-16(15)20(25)24-10-17(19(23)11-24)12-4-2-1-3-5-12/h1-8,15-17,19H,9-11,23H2/t15?,16?,17-,19+/m0/s1. The Bertz CT molecular complexity index is 796. The number of hydrogen-bond acceptors (Lipinski definition) is 2. The van der Waals surface area contributed by atoms with Gasteiger partial charge in [-0.1, -0.05) is 59.6 Å². The van der Waals surface area contributed by atoms with Gasteiger partial charge in [0.25, 0.3) is 0 Å². The van der Waals surface area contributed by atoms with Crippen LogP contribution >= 0.6 is 23.2 Å². The summed E-state index contributed by atoms with van der Waals surface area (Å²) in [6.07, 6.45) is 0.849. The lowest BCUT2D eigenvalue weighted by molar-refractivity contribution is -0.131. The van der Waals surface area contributed by atoms with Gasteiger partial charge in [0.15, 0.2) is 0 Å². The minimum Gasteiger partial charge on any atom is -0.340 e. The van der Waals surface area contributed by atoms with Crippen molar-refractivity contribution in [3.8, 4) is 0 Å². The van der Waals surface area contributed by atoms with E-state index in [1.165, 1.54) is 5.56 Å². The van der Waals surface area contributed by atoms with Crippen molar-refractivity contribution in [2.45, 2.75) is 24.3 Å². The van der Waals surface area contributed by atoms with Crippen LogP contribution in [0.2, 0.25) is 10.0 Å². The first kappa shape index (κ1) is 16.9. The van der Waals surface area contributed by atoms with E-state index in [9.17, 15) is 4.79 Å². The Hall–Kier alpha value is -1.55. The molecule has 5 heteroatoms. The van der Waals surface area contributed by atoms with Gasteiger partial charge in [-0.3, -0.25) is 4.79 Å². The summed E-state index contributed by atoms with van der Waals surface area (Å²) in [7, 11) is 0. The fourth-order valence-electron chi connectivity index (χ4n) is 3.91. The molecule has 4 rings (SSSR count). The molecule has 1 aliphatic carbocycles. The van der Waals surface area contributed by atoms with Gasteiger partial charge in [0.2, 0.25) is 5.91 Å². The quantitative estimate of drug-likeness (QED) is 0.880. The van der Waals surface area contributed by atoms with Crippen molar-refractivity contribution in [3.05, 3.63) is 69.7 Å². The molecule has 1 heterocycles. The number of carbonyl (C=O) groups excluding carboxylic acids is 1. The number of rotatable bonds is 3. The lowest BCUT2D eigenvalue weighted by Gasteiger charge is -2.17. The summed E-state index contributed by atoms with van der Waals surface area (Å²) in [6.45, 7) is 1.32. The molecule has 4 atom stereocenters. The van der Waals surface area contributed by atoms with Crippen LogP contribution in [0.1, 0.15) is 29.4 Å². The predicted molar refractivity (Wildman–Crippen MR) is 101 cm³/mol. The highest BCUT2D eigenvalue weighted by atomic mass is 35.5. The van der Waals surface area contributed by atoms with Gasteiger partial charge >= 0.3 is 0 Å². The molecule has 2 aliphatic rings. The van der Waals surface area contributed by atoms with Crippen LogP contribution in [0.4, 0.5) is 0 Å². The Balaban J connectivity index is 1.44. The minimum atomic E-state index is -0.0114. The van der Waals surface area contributed by atoms with E-state index < -0.39 is 0 Å². The molecular weight excluding hydrogens is 355 g/mol. The van der Waals surface area contributed by atoms with E-state index in [0.717, 1.165) is 12.0 Å². The van der Waals surface area contributed by atoms with E-state index in [1.54, 1.807) is 6.07 Å². The first-order valence-electron chi connectivity index (χ1n) is 8.59. The van der Waals surface area contributed by atoms with E-state index in [-0.39, 0.29) is 29.7 Å². The Morgan fingerprint density at radius 1 is 1.04 bits per heavy atom. The molecule has 2 aromatic carbocycles. The molecule has 2 unspecified atom stereocenters. The number of nitrogens with two attached hydrogens (primary N) is 1. The molecule has 25 heavy (non-hydrogen) atoms. The van der Waals surface area contributed by atoms with Crippen molar-refractivity contribution in [3.63, 3.8) is 0 Å². The highest BCUT2D eigenvalue weighted by molar-refractivity contribution is 6.35. The lowest BCUT2D eigenvalue weighted by atomic mass is 9.95. The predicted octanol–water partition coefficient (Wildman–Crippen LogP) is 4.05. The maximum atomic E-state index is 12.9. The van der Waals surface area contributed by atoms with Crippen LogP contribution in [0.3, 0.4) is 0 Å². The van der Waals surface area contributed by atoms with E-state index in [4.69, 9.17) is 28.9 Å². The fraction of sp³-hybridized carbons (Fsp3) is 0.350. The van der Waals surface area contributed by atoms with Crippen LogP contribution in [0.25, 0.3) is 0 Å². The molecule has 1 saturated heterocycles. The zero-order chi connectivity index (χ0) is 17.6. The average Bonchev–Trinajstić information content (AvgIpc) is 3.29. The number of benzene rings is 2. The van der Waals surface area contributed by atoms with Crippen LogP contribution in [0.15, 0.2) is 48.5 Å². The van der Waals surface area contributed by atoms with E-state index >= 15 is 0 Å². The third-order valence-corrected chi connectivity index (χ3v) is 5.94. The number of hydrogen-bond donors (Lipinski definition) is 1. The second-order valence-corrected chi connectivity index (χ2v) is 7.88. The molecule has 0 aromatic heterocycles. The molecule has 1 saturated carbocycles. The average molecular weight is 375 g/mol. The van der Waals surface area contributed by atoms with E-state index in [2.05, 4.69) is 12.1 Å². The van der Waals surface area contributed by atoms with Crippen LogP contribution in [-0.2, 0) is 4.79 Å². The molecule has 130 valence electrons. The number of nitrogens with zero attached hydrogens (tertiary/aromatic N) is 1. The topological polar surface area (TPSA) is 46.3 Å². The summed E-state index contributed by atoms with van der Waals surface area (Å²) >= 11 is 12.3. The molecule has 0 spiro atoms. The first-order valence-corrected chi connectivity index (χ1v) is 9.34. The third-order valence-electron chi connectivity index (χ3n) is 5.37. The molecule has 0 bridgehead atoms. The Labute approximate surface area is 157 Å². The SMILES string of the molecule is N[C@@H]1CN(C(=O)C2CC2c2ccc(Cl)cc2Cl)C[C@H]1c1ccccc1. The monoisotopic (exact) mass is 374 g/mol. The second-order valence-electron chi connectivity index (χ2n) is 7.04. The molecule has 2 fully saturated rings. The highest BCUT2D eigenvalue weighted by Gasteiger charge is 2.48. The Kier molecular flexibility index (Phi) is 4.48. The third kappa shape index (κ3) is 3.29. The Morgan fingerprint density at radius 2 is 1.80 bits per heavy atom. The van der Waals surface area contributed by atoms with Crippen LogP contribution in [-0.4, -0.2) is 29.9 Å². The molecule has 2 N–H and O–H groups in total. The zero-order valence-corrected chi connectivity index (χ0v) is 15.3. The lowest BCUT2D eigenvalue weighted by Crippen LogP contribution is -2.33. The zero-order valence-electron chi connectivity index (χ0n) is 13.7. The summed E-state index contributed by atoms with van der Waals surface area (Å²) in [6, 6.07) is 15.7. The number of likely N-dealkylation sites (tertiary alicyclic amines) is 1. The first-order chi connectivity index (χ1) is 12.0. The number of carbonyl (C=O) groups is 1. The summed E-state index contributed by atoms with van der Waals surface area (Å²) in [5, 5.41) is 1.27. The molecule has 0 radical (unpaired) electrons. The summed E-state index contributed by atoms with van der Waals surface area (Å²) < 4.78 is 0. The van der Waals surface area contributed by atoms with Crippen molar-refractivity contribution in [1.29, 1.82) is 0 Å². The largest absolute Gasteiger partial charge is 0.340 e. The Morgan fingerprint density at radius 3 is 2.52 bits per heavy atom. The maximum absolute atomic E-state index is 12.9. The molecule has 1 amide bonds. The van der Waals surface area contributed by atoms with Crippen LogP contribution < -0.4 is 5.73 Å². The van der Waals surface area contributed by atoms with E-state index in [0.29, 0.717) is 23.1 Å². The van der Waals surface area contributed by atoms with Crippen molar-refractivity contribution >= 4 is 29.1 Å². The van der Waals surface area contributed by atoms with Gasteiger partial charge in [-0.15, -0.1) is 0 Å². The fourth-order valence-corrected chi connectivity index (χ4v) is 4.46. The summed E-state index contributed by atoms with van der Waals surface area (Å²) in [4.78, 5) is 14.8. The highest BCUT2D eigenvalue weighted by Crippen LogP contribution is 2.51. The molecular formula is C20H20Cl2N2O. The van der Waals surface area contributed by atoms with Crippen molar-refractivity contribution < 1.29 is 4.79 Å². The normalized spacial score (nSPS) is 28.2. The summed E-state index contributed by atoms with van der Waals surface area (Å²) in [5.74, 6) is 0.621. The van der Waals surface area contributed by atoms with Crippen LogP contribution in [0, 0.1) is 5.92 Å². The summed E-state index contributed by atoms with van der Waals surface area (Å²) in [5.41, 5.74) is 8.54. The van der Waals surface area contributed by atoms with Crippen molar-refractivity contribution in [1.82, 2.24) is 4.90 Å².